The molecule has 2 N–H and O–H groups in total. The van der Waals surface area contributed by atoms with Crippen LogP contribution in [0.3, 0.4) is 0 Å². The summed E-state index contributed by atoms with van der Waals surface area (Å²) in [6.07, 6.45) is 2.72. The average molecular weight is 456 g/mol. The number of hydrogen-bond acceptors (Lipinski definition) is 3. The van der Waals surface area contributed by atoms with Crippen LogP contribution >= 0.6 is 24.0 Å². The largest absolute Gasteiger partial charge is 0.467 e. The molecule has 0 saturated carbocycles. The van der Waals surface area contributed by atoms with E-state index in [-0.39, 0.29) is 24.0 Å². The molecule has 6 heteroatoms. The Morgan fingerprint density at radius 2 is 1.92 bits per heavy atom. The van der Waals surface area contributed by atoms with E-state index in [1.165, 1.54) is 5.56 Å². The monoisotopic (exact) mass is 456 g/mol. The van der Waals surface area contributed by atoms with Crippen molar-refractivity contribution in [3.8, 4) is 0 Å². The minimum atomic E-state index is 0. The van der Waals surface area contributed by atoms with Gasteiger partial charge in [0.05, 0.1) is 12.8 Å². The van der Waals surface area contributed by atoms with Gasteiger partial charge in [-0.25, -0.2) is 0 Å². The van der Waals surface area contributed by atoms with Crippen molar-refractivity contribution in [3.63, 3.8) is 0 Å². The van der Waals surface area contributed by atoms with Gasteiger partial charge in [-0.15, -0.1) is 24.0 Å². The Hall–Kier alpha value is -1.54. The highest BCUT2D eigenvalue weighted by molar-refractivity contribution is 14.0. The molecule has 0 bridgehead atoms. The first-order chi connectivity index (χ1) is 11.7. The van der Waals surface area contributed by atoms with Crippen LogP contribution in [0.1, 0.15) is 24.7 Å². The molecular weight excluding hydrogens is 427 g/mol. The zero-order chi connectivity index (χ0) is 17.2. The lowest BCUT2D eigenvalue weighted by Crippen LogP contribution is -2.39. The Bertz CT molecular complexity index is 601. The molecule has 25 heavy (non-hydrogen) atoms. The van der Waals surface area contributed by atoms with E-state index in [1.54, 1.807) is 13.3 Å². The van der Waals surface area contributed by atoms with E-state index in [0.29, 0.717) is 12.6 Å². The average Bonchev–Trinajstić information content (AvgIpc) is 3.12. The van der Waals surface area contributed by atoms with Crippen LogP contribution in [-0.2, 0) is 13.1 Å². The third-order valence-electron chi connectivity index (χ3n) is 4.12. The number of hydrogen-bond donors (Lipinski definition) is 2. The van der Waals surface area contributed by atoms with Crippen LogP contribution in [0.2, 0.25) is 0 Å². The normalized spacial score (nSPS) is 12.6. The van der Waals surface area contributed by atoms with Gasteiger partial charge in [0.15, 0.2) is 5.96 Å². The first-order valence-corrected chi connectivity index (χ1v) is 8.40. The van der Waals surface area contributed by atoms with Crippen molar-refractivity contribution in [2.75, 3.05) is 20.6 Å². The van der Waals surface area contributed by atoms with Crippen molar-refractivity contribution in [3.05, 3.63) is 60.1 Å². The molecule has 0 aliphatic carbocycles. The van der Waals surface area contributed by atoms with E-state index < -0.39 is 0 Å². The van der Waals surface area contributed by atoms with Gasteiger partial charge in [-0.3, -0.25) is 9.89 Å². The molecule has 0 radical (unpaired) electrons. The zero-order valence-electron chi connectivity index (χ0n) is 15.2. The van der Waals surface area contributed by atoms with E-state index in [9.17, 15) is 0 Å². The Balaban J connectivity index is 0.00000312. The molecule has 138 valence electrons. The summed E-state index contributed by atoms with van der Waals surface area (Å²) in [7, 11) is 3.95. The molecule has 0 amide bonds. The highest BCUT2D eigenvalue weighted by atomic mass is 127. The second-order valence-electron chi connectivity index (χ2n) is 5.97. The van der Waals surface area contributed by atoms with Gasteiger partial charge in [-0.05, 0) is 38.1 Å². The fourth-order valence-electron chi connectivity index (χ4n) is 2.45. The van der Waals surface area contributed by atoms with Gasteiger partial charge in [-0.2, -0.15) is 0 Å². The summed E-state index contributed by atoms with van der Waals surface area (Å²) in [6, 6.07) is 14.9. The zero-order valence-corrected chi connectivity index (χ0v) is 17.6. The van der Waals surface area contributed by atoms with Crippen molar-refractivity contribution >= 4 is 29.9 Å². The van der Waals surface area contributed by atoms with Crippen LogP contribution in [0.15, 0.2) is 58.1 Å². The van der Waals surface area contributed by atoms with Gasteiger partial charge < -0.3 is 15.1 Å². The quantitative estimate of drug-likeness (QED) is 0.363. The van der Waals surface area contributed by atoms with Gasteiger partial charge in [0, 0.05) is 26.2 Å². The smallest absolute Gasteiger partial charge is 0.191 e. The predicted molar refractivity (Wildman–Crippen MR) is 114 cm³/mol. The second kappa shape index (κ2) is 11.9. The highest BCUT2D eigenvalue weighted by Crippen LogP contribution is 2.07. The molecular formula is C19H29IN4O. The van der Waals surface area contributed by atoms with Crippen molar-refractivity contribution in [2.45, 2.75) is 32.5 Å². The predicted octanol–water partition coefficient (Wildman–Crippen LogP) is 3.47. The standard InChI is InChI=1S/C19H28N4O.HI/c1-16(23(3)15-17-8-5-4-6-9-17)11-12-21-19(20-2)22-14-18-10-7-13-24-18;/h4-10,13,16H,11-12,14-15H2,1-3H3,(H2,20,21,22);1H. The molecule has 0 aliphatic heterocycles. The number of guanidine groups is 1. The summed E-state index contributed by atoms with van der Waals surface area (Å²) in [4.78, 5) is 6.61. The molecule has 0 fully saturated rings. The summed E-state index contributed by atoms with van der Waals surface area (Å²) in [5, 5.41) is 6.60. The fourth-order valence-corrected chi connectivity index (χ4v) is 2.45. The molecule has 2 rings (SSSR count). The van der Waals surface area contributed by atoms with E-state index >= 15 is 0 Å². The number of rotatable bonds is 8. The molecule has 0 spiro atoms. The first kappa shape index (κ1) is 21.5. The number of halogens is 1. The highest BCUT2D eigenvalue weighted by Gasteiger charge is 2.09. The maximum Gasteiger partial charge on any atom is 0.191 e. The molecule has 0 aliphatic rings. The molecule has 1 atom stereocenters. The van der Waals surface area contributed by atoms with Gasteiger partial charge in [0.25, 0.3) is 0 Å². The van der Waals surface area contributed by atoms with Crippen LogP contribution in [0.4, 0.5) is 0 Å². The van der Waals surface area contributed by atoms with E-state index in [4.69, 9.17) is 4.42 Å². The van der Waals surface area contributed by atoms with Crippen molar-refractivity contribution in [1.29, 1.82) is 0 Å². The van der Waals surface area contributed by atoms with Crippen molar-refractivity contribution < 1.29 is 4.42 Å². The Morgan fingerprint density at radius 3 is 2.56 bits per heavy atom. The van der Waals surface area contributed by atoms with Crippen molar-refractivity contribution in [1.82, 2.24) is 15.5 Å². The minimum Gasteiger partial charge on any atom is -0.467 e. The molecule has 0 saturated heterocycles. The lowest BCUT2D eigenvalue weighted by Gasteiger charge is -2.25. The van der Waals surface area contributed by atoms with Gasteiger partial charge >= 0.3 is 0 Å². The summed E-state index contributed by atoms with van der Waals surface area (Å²) in [6.45, 7) is 4.73. The lowest BCUT2D eigenvalue weighted by atomic mass is 10.1. The SMILES string of the molecule is CN=C(NCCC(C)N(C)Cc1ccccc1)NCc1ccco1.I. The third kappa shape index (κ3) is 7.92. The van der Waals surface area contributed by atoms with Crippen LogP contribution in [-0.4, -0.2) is 37.5 Å². The number of furan rings is 1. The Kier molecular flexibility index (Phi) is 10.3. The number of aliphatic imine (C=N–C) groups is 1. The van der Waals surface area contributed by atoms with Crippen molar-refractivity contribution in [2.24, 2.45) is 4.99 Å². The van der Waals surface area contributed by atoms with Gasteiger partial charge in [0.1, 0.15) is 5.76 Å². The van der Waals surface area contributed by atoms with Crippen LogP contribution in [0, 0.1) is 0 Å². The minimum absolute atomic E-state index is 0. The molecule has 1 unspecified atom stereocenters. The summed E-state index contributed by atoms with van der Waals surface area (Å²) in [5.41, 5.74) is 1.34. The third-order valence-corrected chi connectivity index (χ3v) is 4.12. The van der Waals surface area contributed by atoms with E-state index in [0.717, 1.165) is 31.2 Å². The summed E-state index contributed by atoms with van der Waals surface area (Å²) < 4.78 is 5.31. The molecule has 1 heterocycles. The molecule has 1 aromatic heterocycles. The number of nitrogens with zero attached hydrogens (tertiary/aromatic N) is 2. The summed E-state index contributed by atoms with van der Waals surface area (Å²) in [5.74, 6) is 1.69. The Labute approximate surface area is 167 Å². The second-order valence-corrected chi connectivity index (χ2v) is 5.97. The van der Waals surface area contributed by atoms with Crippen LogP contribution in [0.5, 0.6) is 0 Å². The molecule has 1 aromatic carbocycles. The van der Waals surface area contributed by atoms with Crippen LogP contribution < -0.4 is 10.6 Å². The van der Waals surface area contributed by atoms with Gasteiger partial charge in [0.2, 0.25) is 0 Å². The lowest BCUT2D eigenvalue weighted by molar-refractivity contribution is 0.238. The number of benzene rings is 1. The topological polar surface area (TPSA) is 52.8 Å². The fraction of sp³-hybridized carbons (Fsp3) is 0.421. The molecule has 2 aromatic rings. The summed E-state index contributed by atoms with van der Waals surface area (Å²) >= 11 is 0. The number of nitrogens with one attached hydrogen (secondary N) is 2. The maximum absolute atomic E-state index is 5.31. The molecule has 5 nitrogen and oxygen atoms in total. The Morgan fingerprint density at radius 1 is 1.16 bits per heavy atom. The van der Waals surface area contributed by atoms with Gasteiger partial charge in [-0.1, -0.05) is 30.3 Å². The van der Waals surface area contributed by atoms with E-state index in [1.807, 2.05) is 12.1 Å². The maximum atomic E-state index is 5.31. The first-order valence-electron chi connectivity index (χ1n) is 8.40. The van der Waals surface area contributed by atoms with E-state index in [2.05, 4.69) is 64.8 Å². The van der Waals surface area contributed by atoms with Crippen LogP contribution in [0.25, 0.3) is 0 Å².